The van der Waals surface area contributed by atoms with Crippen molar-refractivity contribution >= 4 is 16.9 Å². The van der Waals surface area contributed by atoms with Gasteiger partial charge in [0, 0.05) is 30.5 Å². The van der Waals surface area contributed by atoms with Gasteiger partial charge in [-0.2, -0.15) is 13.2 Å². The zero-order chi connectivity index (χ0) is 22.3. The molecule has 32 heavy (non-hydrogen) atoms. The minimum atomic E-state index is -4.41. The molecule has 0 atom stereocenters. The lowest BCUT2D eigenvalue weighted by Crippen LogP contribution is -2.33. The molecule has 1 saturated heterocycles. The molecule has 4 nitrogen and oxygen atoms in total. The van der Waals surface area contributed by atoms with Crippen LogP contribution >= 0.6 is 0 Å². The molecule has 3 heterocycles. The lowest BCUT2D eigenvalue weighted by molar-refractivity contribution is -0.137. The van der Waals surface area contributed by atoms with Gasteiger partial charge >= 0.3 is 6.18 Å². The van der Waals surface area contributed by atoms with Crippen LogP contribution in [0.2, 0.25) is 0 Å². The summed E-state index contributed by atoms with van der Waals surface area (Å²) >= 11 is 0. The van der Waals surface area contributed by atoms with Crippen LogP contribution in [0.15, 0.2) is 67.1 Å². The predicted molar refractivity (Wildman–Crippen MR) is 120 cm³/mol. The van der Waals surface area contributed by atoms with Gasteiger partial charge in [-0.3, -0.25) is 0 Å². The number of rotatable bonds is 3. The minimum Gasteiger partial charge on any atom is -0.356 e. The molecule has 1 aliphatic heterocycles. The monoisotopic (exact) mass is 436 g/mol. The summed E-state index contributed by atoms with van der Waals surface area (Å²) in [5.41, 5.74) is 2.23. The summed E-state index contributed by atoms with van der Waals surface area (Å²) in [7, 11) is 0. The van der Waals surface area contributed by atoms with E-state index in [1.807, 2.05) is 36.5 Å². The molecular weight excluding hydrogens is 413 g/mol. The van der Waals surface area contributed by atoms with E-state index >= 15 is 0 Å². The third-order valence-corrected chi connectivity index (χ3v) is 6.18. The molecule has 164 valence electrons. The Kier molecular flexibility index (Phi) is 5.12. The van der Waals surface area contributed by atoms with Crippen LogP contribution in [0.1, 0.15) is 25.3 Å². The van der Waals surface area contributed by atoms with Crippen molar-refractivity contribution in [1.29, 1.82) is 0 Å². The van der Waals surface area contributed by atoms with E-state index in [-0.39, 0.29) is 0 Å². The molecule has 1 fully saturated rings. The molecule has 1 aliphatic rings. The van der Waals surface area contributed by atoms with Crippen molar-refractivity contribution in [1.82, 2.24) is 14.5 Å². The number of benzene rings is 2. The molecule has 0 aliphatic carbocycles. The smallest absolute Gasteiger partial charge is 0.356 e. The first kappa shape index (κ1) is 20.5. The zero-order valence-electron chi connectivity index (χ0n) is 17.7. The number of piperidine rings is 1. The van der Waals surface area contributed by atoms with E-state index in [1.54, 1.807) is 10.6 Å². The van der Waals surface area contributed by atoms with E-state index < -0.39 is 11.7 Å². The largest absolute Gasteiger partial charge is 0.416 e. The number of fused-ring (bicyclic) bond motifs is 1. The lowest BCUT2D eigenvalue weighted by atomic mass is 9.98. The Morgan fingerprint density at radius 3 is 2.41 bits per heavy atom. The number of halogens is 3. The van der Waals surface area contributed by atoms with Crippen LogP contribution in [-0.4, -0.2) is 27.6 Å². The average molecular weight is 436 g/mol. The first-order chi connectivity index (χ1) is 15.4. The normalized spacial score (nSPS) is 15.4. The van der Waals surface area contributed by atoms with Crippen LogP contribution in [0, 0.1) is 5.92 Å². The van der Waals surface area contributed by atoms with Crippen molar-refractivity contribution in [3.8, 4) is 16.8 Å². The molecule has 0 radical (unpaired) electrons. The second-order valence-electron chi connectivity index (χ2n) is 8.39. The highest BCUT2D eigenvalue weighted by Gasteiger charge is 2.31. The fourth-order valence-electron chi connectivity index (χ4n) is 4.37. The van der Waals surface area contributed by atoms with Crippen LogP contribution in [0.5, 0.6) is 0 Å². The fraction of sp³-hybridized carbons (Fsp3) is 0.280. The van der Waals surface area contributed by atoms with Crippen molar-refractivity contribution in [3.05, 3.63) is 72.7 Å². The molecule has 0 spiro atoms. The standard InChI is InChI=1S/C25H23F3N4/c1-17-10-12-31(13-11-17)23-22-21(18-6-3-2-4-7-18)15-32(24(22)30-16-29-23)20-9-5-8-19(14-20)25(26,27)28/h2-9,14-17H,10-13H2,1H3. The van der Waals surface area contributed by atoms with Gasteiger partial charge < -0.3 is 9.47 Å². The van der Waals surface area contributed by atoms with E-state index in [2.05, 4.69) is 21.8 Å². The van der Waals surface area contributed by atoms with Crippen molar-refractivity contribution in [2.75, 3.05) is 18.0 Å². The third kappa shape index (κ3) is 3.72. The quantitative estimate of drug-likeness (QED) is 0.376. The molecule has 2 aromatic carbocycles. The van der Waals surface area contributed by atoms with Gasteiger partial charge in [-0.15, -0.1) is 0 Å². The summed E-state index contributed by atoms with van der Waals surface area (Å²) in [6, 6.07) is 15.2. The molecule has 7 heteroatoms. The molecule has 0 bridgehead atoms. The fourth-order valence-corrected chi connectivity index (χ4v) is 4.37. The van der Waals surface area contributed by atoms with Gasteiger partial charge in [-0.25, -0.2) is 9.97 Å². The highest BCUT2D eigenvalue weighted by molar-refractivity contribution is 6.02. The topological polar surface area (TPSA) is 34.0 Å². The van der Waals surface area contributed by atoms with E-state index in [0.717, 1.165) is 54.3 Å². The van der Waals surface area contributed by atoms with E-state index in [1.165, 1.54) is 18.5 Å². The summed E-state index contributed by atoms with van der Waals surface area (Å²) in [5.74, 6) is 1.51. The number of nitrogens with zero attached hydrogens (tertiary/aromatic N) is 4. The molecule has 5 rings (SSSR count). The molecule has 0 amide bonds. The van der Waals surface area contributed by atoms with Crippen molar-refractivity contribution in [2.45, 2.75) is 25.9 Å². The van der Waals surface area contributed by atoms with Gasteiger partial charge in [0.1, 0.15) is 12.1 Å². The SMILES string of the molecule is CC1CCN(c2ncnc3c2c(-c2ccccc2)cn3-c2cccc(C(F)(F)F)c2)CC1. The maximum Gasteiger partial charge on any atom is 0.416 e. The Hall–Kier alpha value is -3.35. The molecule has 2 aromatic heterocycles. The Balaban J connectivity index is 1.73. The molecular formula is C25H23F3N4. The van der Waals surface area contributed by atoms with Crippen molar-refractivity contribution in [2.24, 2.45) is 5.92 Å². The number of alkyl halides is 3. The van der Waals surface area contributed by atoms with Crippen LogP contribution < -0.4 is 4.90 Å². The Labute approximate surface area is 184 Å². The van der Waals surface area contributed by atoms with Crippen LogP contribution in [0.4, 0.5) is 19.0 Å². The summed E-state index contributed by atoms with van der Waals surface area (Å²) in [5, 5.41) is 0.866. The summed E-state index contributed by atoms with van der Waals surface area (Å²) in [4.78, 5) is 11.4. The Morgan fingerprint density at radius 1 is 0.938 bits per heavy atom. The number of aromatic nitrogens is 3. The van der Waals surface area contributed by atoms with E-state index in [9.17, 15) is 13.2 Å². The zero-order valence-corrected chi connectivity index (χ0v) is 17.7. The second-order valence-corrected chi connectivity index (χ2v) is 8.39. The molecule has 0 N–H and O–H groups in total. The second kappa shape index (κ2) is 7.97. The minimum absolute atomic E-state index is 0.420. The van der Waals surface area contributed by atoms with Crippen molar-refractivity contribution in [3.63, 3.8) is 0 Å². The molecule has 0 unspecified atom stereocenters. The van der Waals surface area contributed by atoms with Crippen molar-refractivity contribution < 1.29 is 13.2 Å². The van der Waals surface area contributed by atoms with Crippen LogP contribution in [-0.2, 0) is 6.18 Å². The first-order valence-electron chi connectivity index (χ1n) is 10.8. The molecule has 4 aromatic rings. The lowest BCUT2D eigenvalue weighted by Gasteiger charge is -2.31. The number of hydrogen-bond acceptors (Lipinski definition) is 3. The predicted octanol–water partition coefficient (Wildman–Crippen LogP) is 6.34. The highest BCUT2D eigenvalue weighted by atomic mass is 19.4. The first-order valence-corrected chi connectivity index (χ1v) is 10.8. The van der Waals surface area contributed by atoms with Gasteiger partial charge in [-0.1, -0.05) is 43.3 Å². The Morgan fingerprint density at radius 2 is 1.69 bits per heavy atom. The molecule has 0 saturated carbocycles. The van der Waals surface area contributed by atoms with Crippen LogP contribution in [0.25, 0.3) is 27.8 Å². The maximum atomic E-state index is 13.4. The Bertz CT molecular complexity index is 1240. The van der Waals surface area contributed by atoms with Gasteiger partial charge in [-0.05, 0) is 42.5 Å². The van der Waals surface area contributed by atoms with Gasteiger partial charge in [0.05, 0.1) is 10.9 Å². The third-order valence-electron chi connectivity index (χ3n) is 6.18. The van der Waals surface area contributed by atoms with Gasteiger partial charge in [0.15, 0.2) is 5.65 Å². The van der Waals surface area contributed by atoms with E-state index in [0.29, 0.717) is 17.3 Å². The number of hydrogen-bond donors (Lipinski definition) is 0. The average Bonchev–Trinajstić information content (AvgIpc) is 3.20. The summed E-state index contributed by atoms with van der Waals surface area (Å²) < 4.78 is 41.8. The number of anilines is 1. The highest BCUT2D eigenvalue weighted by Crippen LogP contribution is 2.38. The van der Waals surface area contributed by atoms with Gasteiger partial charge in [0.2, 0.25) is 0 Å². The summed E-state index contributed by atoms with van der Waals surface area (Å²) in [6.45, 7) is 4.05. The maximum absolute atomic E-state index is 13.4. The van der Waals surface area contributed by atoms with E-state index in [4.69, 9.17) is 0 Å². The van der Waals surface area contributed by atoms with Crippen LogP contribution in [0.3, 0.4) is 0 Å². The van der Waals surface area contributed by atoms with Gasteiger partial charge in [0.25, 0.3) is 0 Å². The summed E-state index contributed by atoms with van der Waals surface area (Å²) in [6.07, 6.45) is 1.14.